The Morgan fingerprint density at radius 2 is 1.92 bits per heavy atom. The zero-order valence-corrected chi connectivity index (χ0v) is 14.6. The van der Waals surface area contributed by atoms with E-state index in [-0.39, 0.29) is 5.91 Å². The van der Waals surface area contributed by atoms with Crippen molar-refractivity contribution in [1.29, 1.82) is 0 Å². The Hall–Kier alpha value is -2.43. The number of benzene rings is 2. The molecule has 0 unspecified atom stereocenters. The number of aryl methyl sites for hydroxylation is 1. The van der Waals surface area contributed by atoms with E-state index in [2.05, 4.69) is 10.3 Å². The van der Waals surface area contributed by atoms with Gasteiger partial charge in [0.25, 0.3) is 0 Å². The molecule has 0 radical (unpaired) electrons. The number of rotatable bonds is 4. The summed E-state index contributed by atoms with van der Waals surface area (Å²) in [7, 11) is 0. The van der Waals surface area contributed by atoms with Crippen LogP contribution in [0.2, 0.25) is 5.02 Å². The predicted octanol–water partition coefficient (Wildman–Crippen LogP) is 5.42. The van der Waals surface area contributed by atoms with Crippen LogP contribution in [-0.2, 0) is 4.79 Å². The summed E-state index contributed by atoms with van der Waals surface area (Å²) in [6, 6.07) is 15.0. The molecule has 0 aliphatic carbocycles. The standard InChI is InChI=1S/C19H15ClN2OS/c1-13-21-18(12-24-13)15-6-9-16(10-7-15)22-19(23)11-8-14-4-2-3-5-17(14)20/h2-12H,1H3,(H,22,23)/b11-8+. The Labute approximate surface area is 149 Å². The van der Waals surface area contributed by atoms with Gasteiger partial charge in [-0.05, 0) is 36.8 Å². The lowest BCUT2D eigenvalue weighted by atomic mass is 10.1. The van der Waals surface area contributed by atoms with Crippen LogP contribution in [0.5, 0.6) is 0 Å². The molecule has 0 atom stereocenters. The number of nitrogens with one attached hydrogen (secondary N) is 1. The number of hydrogen-bond donors (Lipinski definition) is 1. The first-order valence-electron chi connectivity index (χ1n) is 7.38. The van der Waals surface area contributed by atoms with E-state index in [0.717, 1.165) is 27.5 Å². The molecule has 1 heterocycles. The molecule has 3 nitrogen and oxygen atoms in total. The fraction of sp³-hybridized carbons (Fsp3) is 0.0526. The van der Waals surface area contributed by atoms with Crippen LogP contribution in [0, 0.1) is 6.92 Å². The largest absolute Gasteiger partial charge is 0.323 e. The van der Waals surface area contributed by atoms with Gasteiger partial charge in [0.2, 0.25) is 5.91 Å². The van der Waals surface area contributed by atoms with Gasteiger partial charge in [0, 0.05) is 27.7 Å². The number of hydrogen-bond acceptors (Lipinski definition) is 3. The van der Waals surface area contributed by atoms with Crippen molar-refractivity contribution >= 4 is 40.6 Å². The molecule has 3 rings (SSSR count). The van der Waals surface area contributed by atoms with Crippen molar-refractivity contribution in [3.05, 3.63) is 75.6 Å². The molecule has 1 amide bonds. The van der Waals surface area contributed by atoms with Gasteiger partial charge in [0.15, 0.2) is 0 Å². The summed E-state index contributed by atoms with van der Waals surface area (Å²) in [5.74, 6) is -0.202. The van der Waals surface area contributed by atoms with E-state index in [0.29, 0.717) is 5.02 Å². The third-order valence-electron chi connectivity index (χ3n) is 3.39. The first-order chi connectivity index (χ1) is 11.6. The summed E-state index contributed by atoms with van der Waals surface area (Å²) in [6.07, 6.45) is 3.17. The van der Waals surface area contributed by atoms with Gasteiger partial charge in [-0.25, -0.2) is 4.98 Å². The summed E-state index contributed by atoms with van der Waals surface area (Å²) in [6.45, 7) is 1.98. The number of aromatic nitrogens is 1. The summed E-state index contributed by atoms with van der Waals surface area (Å²) < 4.78 is 0. The first-order valence-corrected chi connectivity index (χ1v) is 8.64. The Balaban J connectivity index is 1.65. The average molecular weight is 355 g/mol. The van der Waals surface area contributed by atoms with Crippen LogP contribution in [0.1, 0.15) is 10.6 Å². The third kappa shape index (κ3) is 4.10. The van der Waals surface area contributed by atoms with E-state index in [4.69, 9.17) is 11.6 Å². The molecule has 24 heavy (non-hydrogen) atoms. The normalized spacial score (nSPS) is 10.9. The second kappa shape index (κ2) is 7.43. The van der Waals surface area contributed by atoms with Gasteiger partial charge in [-0.2, -0.15) is 0 Å². The Morgan fingerprint density at radius 1 is 1.17 bits per heavy atom. The topological polar surface area (TPSA) is 42.0 Å². The number of halogens is 1. The highest BCUT2D eigenvalue weighted by atomic mass is 35.5. The monoisotopic (exact) mass is 354 g/mol. The molecule has 3 aromatic rings. The van der Waals surface area contributed by atoms with Gasteiger partial charge < -0.3 is 5.32 Å². The Morgan fingerprint density at radius 3 is 2.58 bits per heavy atom. The second-order valence-corrected chi connectivity index (χ2v) is 6.64. The van der Waals surface area contributed by atoms with Crippen molar-refractivity contribution in [2.24, 2.45) is 0 Å². The Kier molecular flexibility index (Phi) is 5.08. The fourth-order valence-corrected chi connectivity index (χ4v) is 3.00. The lowest BCUT2D eigenvalue weighted by Crippen LogP contribution is -2.07. The minimum atomic E-state index is -0.202. The molecule has 1 aromatic heterocycles. The van der Waals surface area contributed by atoms with E-state index >= 15 is 0 Å². The maximum Gasteiger partial charge on any atom is 0.248 e. The van der Waals surface area contributed by atoms with Crippen LogP contribution in [-0.4, -0.2) is 10.9 Å². The van der Waals surface area contributed by atoms with Crippen LogP contribution < -0.4 is 5.32 Å². The van der Waals surface area contributed by atoms with Gasteiger partial charge in [-0.15, -0.1) is 11.3 Å². The van der Waals surface area contributed by atoms with E-state index in [1.807, 2.05) is 54.8 Å². The van der Waals surface area contributed by atoms with Crippen LogP contribution in [0.4, 0.5) is 5.69 Å². The molecule has 0 bridgehead atoms. The molecule has 120 valence electrons. The maximum absolute atomic E-state index is 12.0. The highest BCUT2D eigenvalue weighted by Crippen LogP contribution is 2.23. The fourth-order valence-electron chi connectivity index (χ4n) is 2.18. The first kappa shape index (κ1) is 16.4. The van der Waals surface area contributed by atoms with Crippen molar-refractivity contribution in [3.63, 3.8) is 0 Å². The van der Waals surface area contributed by atoms with Gasteiger partial charge >= 0.3 is 0 Å². The molecular formula is C19H15ClN2OS. The van der Waals surface area contributed by atoms with Crippen molar-refractivity contribution in [1.82, 2.24) is 4.98 Å². The number of anilines is 1. The van der Waals surface area contributed by atoms with Gasteiger partial charge in [0.05, 0.1) is 10.7 Å². The number of thiazole rings is 1. The number of carbonyl (C=O) groups is 1. The summed E-state index contributed by atoms with van der Waals surface area (Å²) in [5.41, 5.74) is 3.53. The van der Waals surface area contributed by atoms with Gasteiger partial charge in [0.1, 0.15) is 0 Å². The lowest BCUT2D eigenvalue weighted by molar-refractivity contribution is -0.111. The third-order valence-corrected chi connectivity index (χ3v) is 4.50. The lowest BCUT2D eigenvalue weighted by Gasteiger charge is -2.03. The summed E-state index contributed by atoms with van der Waals surface area (Å²) in [4.78, 5) is 16.5. The quantitative estimate of drug-likeness (QED) is 0.635. The van der Waals surface area contributed by atoms with Crippen molar-refractivity contribution in [2.75, 3.05) is 5.32 Å². The minimum absolute atomic E-state index is 0.202. The van der Waals surface area contributed by atoms with Crippen LogP contribution in [0.3, 0.4) is 0 Å². The molecule has 0 aliphatic rings. The average Bonchev–Trinajstić information content (AvgIpc) is 3.01. The highest BCUT2D eigenvalue weighted by molar-refractivity contribution is 7.09. The number of carbonyl (C=O) groups excluding carboxylic acids is 1. The SMILES string of the molecule is Cc1nc(-c2ccc(NC(=O)/C=C/c3ccccc3Cl)cc2)cs1. The molecule has 1 N–H and O–H groups in total. The molecule has 0 saturated carbocycles. The van der Waals surface area contributed by atoms with Crippen molar-refractivity contribution < 1.29 is 4.79 Å². The van der Waals surface area contributed by atoms with E-state index < -0.39 is 0 Å². The molecule has 0 saturated heterocycles. The van der Waals surface area contributed by atoms with Crippen LogP contribution >= 0.6 is 22.9 Å². The molecule has 0 fully saturated rings. The predicted molar refractivity (Wildman–Crippen MR) is 101 cm³/mol. The zero-order chi connectivity index (χ0) is 16.9. The van der Waals surface area contributed by atoms with E-state index in [1.165, 1.54) is 6.08 Å². The molecule has 2 aromatic carbocycles. The minimum Gasteiger partial charge on any atom is -0.323 e. The summed E-state index contributed by atoms with van der Waals surface area (Å²) >= 11 is 7.68. The maximum atomic E-state index is 12.0. The molecular weight excluding hydrogens is 340 g/mol. The number of nitrogens with zero attached hydrogens (tertiary/aromatic N) is 1. The zero-order valence-electron chi connectivity index (χ0n) is 13.0. The molecule has 5 heteroatoms. The van der Waals surface area contributed by atoms with Gasteiger partial charge in [-0.3, -0.25) is 4.79 Å². The van der Waals surface area contributed by atoms with E-state index in [1.54, 1.807) is 23.5 Å². The van der Waals surface area contributed by atoms with Crippen molar-refractivity contribution in [2.45, 2.75) is 6.92 Å². The van der Waals surface area contributed by atoms with Crippen LogP contribution in [0.25, 0.3) is 17.3 Å². The summed E-state index contributed by atoms with van der Waals surface area (Å²) in [5, 5.41) is 6.50. The second-order valence-electron chi connectivity index (χ2n) is 5.17. The van der Waals surface area contributed by atoms with Crippen molar-refractivity contribution in [3.8, 4) is 11.3 Å². The van der Waals surface area contributed by atoms with E-state index in [9.17, 15) is 4.79 Å². The molecule has 0 spiro atoms. The van der Waals surface area contributed by atoms with Crippen LogP contribution in [0.15, 0.2) is 60.0 Å². The van der Waals surface area contributed by atoms with Gasteiger partial charge in [-0.1, -0.05) is 41.9 Å². The highest BCUT2D eigenvalue weighted by Gasteiger charge is 2.03. The Bertz CT molecular complexity index is 884. The smallest absolute Gasteiger partial charge is 0.248 e. The number of amides is 1. The molecule has 0 aliphatic heterocycles.